The van der Waals surface area contributed by atoms with E-state index < -0.39 is 0 Å². The van der Waals surface area contributed by atoms with Crippen LogP contribution < -0.4 is 10.1 Å². The molecule has 1 N–H and O–H groups in total. The predicted molar refractivity (Wildman–Crippen MR) is 87.4 cm³/mol. The summed E-state index contributed by atoms with van der Waals surface area (Å²) in [5.74, 6) is 0.653. The largest absolute Gasteiger partial charge is 0.495 e. The number of carbonyl (C=O) groups is 1. The minimum Gasteiger partial charge on any atom is -0.495 e. The zero-order valence-corrected chi connectivity index (χ0v) is 14.1. The van der Waals surface area contributed by atoms with E-state index in [-0.39, 0.29) is 24.2 Å². The third kappa shape index (κ3) is 3.99. The summed E-state index contributed by atoms with van der Waals surface area (Å²) in [6.07, 6.45) is 0.292. The Balaban J connectivity index is 2.07. The number of hydrogen-bond acceptors (Lipinski definition) is 4. The number of anilines is 1. The molecule has 0 bridgehead atoms. The molecule has 1 aliphatic rings. The van der Waals surface area contributed by atoms with Crippen LogP contribution in [0.5, 0.6) is 5.75 Å². The van der Waals surface area contributed by atoms with Crippen molar-refractivity contribution in [1.29, 1.82) is 0 Å². The lowest BCUT2D eigenvalue weighted by atomic mass is 10.1. The summed E-state index contributed by atoms with van der Waals surface area (Å²) in [6.45, 7) is 9.54. The highest BCUT2D eigenvalue weighted by Crippen LogP contribution is 2.25. The molecule has 1 aliphatic heterocycles. The second-order valence-corrected chi connectivity index (χ2v) is 6.08. The number of morpholine rings is 1. The van der Waals surface area contributed by atoms with Crippen LogP contribution in [-0.4, -0.2) is 49.3 Å². The minimum atomic E-state index is -0.209. The van der Waals surface area contributed by atoms with Crippen molar-refractivity contribution in [3.8, 4) is 5.75 Å². The first kappa shape index (κ1) is 16.8. The van der Waals surface area contributed by atoms with Crippen LogP contribution in [0.25, 0.3) is 0 Å². The molecule has 0 aromatic heterocycles. The van der Waals surface area contributed by atoms with Gasteiger partial charge in [0.05, 0.1) is 31.0 Å². The van der Waals surface area contributed by atoms with Gasteiger partial charge in [-0.3, -0.25) is 9.69 Å². The second kappa shape index (κ2) is 7.11. The predicted octanol–water partition coefficient (Wildman–Crippen LogP) is 2.44. The molecule has 1 amide bonds. The molecule has 0 radical (unpaired) electrons. The number of ether oxygens (including phenoxy) is 2. The third-order valence-corrected chi connectivity index (χ3v) is 3.99. The molecule has 0 unspecified atom stereocenters. The number of aryl methyl sites for hydroxylation is 1. The van der Waals surface area contributed by atoms with E-state index in [1.807, 2.05) is 45.9 Å². The monoisotopic (exact) mass is 306 g/mol. The van der Waals surface area contributed by atoms with Gasteiger partial charge >= 0.3 is 0 Å². The Morgan fingerprint density at radius 3 is 2.59 bits per heavy atom. The lowest BCUT2D eigenvalue weighted by Crippen LogP contribution is -2.52. The average Bonchev–Trinajstić information content (AvgIpc) is 2.45. The van der Waals surface area contributed by atoms with Gasteiger partial charge in [-0.15, -0.1) is 0 Å². The Morgan fingerprint density at radius 2 is 2.00 bits per heavy atom. The Hall–Kier alpha value is -1.59. The molecule has 22 heavy (non-hydrogen) atoms. The van der Waals surface area contributed by atoms with E-state index in [9.17, 15) is 4.79 Å². The fourth-order valence-electron chi connectivity index (χ4n) is 2.86. The van der Waals surface area contributed by atoms with Gasteiger partial charge in [0.15, 0.2) is 0 Å². The van der Waals surface area contributed by atoms with Crippen molar-refractivity contribution in [1.82, 2.24) is 4.90 Å². The highest BCUT2D eigenvalue weighted by molar-refractivity contribution is 5.96. The second-order valence-electron chi connectivity index (χ2n) is 6.08. The van der Waals surface area contributed by atoms with Crippen LogP contribution in [0.2, 0.25) is 0 Å². The molecule has 1 heterocycles. The number of hydrogen-bond donors (Lipinski definition) is 1. The van der Waals surface area contributed by atoms with E-state index in [0.29, 0.717) is 11.4 Å². The first-order chi connectivity index (χ1) is 10.4. The van der Waals surface area contributed by atoms with Gasteiger partial charge in [0.2, 0.25) is 5.91 Å². The van der Waals surface area contributed by atoms with Gasteiger partial charge in [-0.1, -0.05) is 6.07 Å². The number of nitrogens with zero attached hydrogens (tertiary/aromatic N) is 1. The SMILES string of the molecule is COc1ccc(C)cc1NC(=O)[C@H](C)N1C[C@@H](C)O[C@H](C)C1. The lowest BCUT2D eigenvalue weighted by molar-refractivity contribution is -0.126. The summed E-state index contributed by atoms with van der Waals surface area (Å²) < 4.78 is 11.0. The molecular formula is C17H26N2O3. The number of carbonyl (C=O) groups excluding carboxylic acids is 1. The van der Waals surface area contributed by atoms with E-state index >= 15 is 0 Å². The van der Waals surface area contributed by atoms with Crippen LogP contribution in [0.1, 0.15) is 26.3 Å². The topological polar surface area (TPSA) is 50.8 Å². The average molecular weight is 306 g/mol. The summed E-state index contributed by atoms with van der Waals surface area (Å²) in [7, 11) is 1.61. The summed E-state index contributed by atoms with van der Waals surface area (Å²) in [4.78, 5) is 14.7. The number of benzene rings is 1. The minimum absolute atomic E-state index is 0.0230. The fraction of sp³-hybridized carbons (Fsp3) is 0.588. The van der Waals surface area contributed by atoms with Crippen LogP contribution in [0.15, 0.2) is 18.2 Å². The lowest BCUT2D eigenvalue weighted by Gasteiger charge is -2.38. The van der Waals surface area contributed by atoms with Crippen molar-refractivity contribution >= 4 is 11.6 Å². The first-order valence-electron chi connectivity index (χ1n) is 7.75. The van der Waals surface area contributed by atoms with E-state index in [1.165, 1.54) is 0 Å². The summed E-state index contributed by atoms with van der Waals surface area (Å²) in [6, 6.07) is 5.55. The maximum absolute atomic E-state index is 12.6. The molecule has 1 fully saturated rings. The number of amides is 1. The molecule has 122 valence electrons. The molecule has 1 aromatic rings. The maximum atomic E-state index is 12.6. The molecule has 0 spiro atoms. The third-order valence-electron chi connectivity index (χ3n) is 3.99. The van der Waals surface area contributed by atoms with Gasteiger partial charge in [-0.05, 0) is 45.4 Å². The smallest absolute Gasteiger partial charge is 0.241 e. The molecular weight excluding hydrogens is 280 g/mol. The molecule has 3 atom stereocenters. The molecule has 1 aromatic carbocycles. The van der Waals surface area contributed by atoms with Crippen LogP contribution in [0.4, 0.5) is 5.69 Å². The molecule has 2 rings (SSSR count). The van der Waals surface area contributed by atoms with Gasteiger partial charge < -0.3 is 14.8 Å². The van der Waals surface area contributed by atoms with Gasteiger partial charge in [-0.2, -0.15) is 0 Å². The van der Waals surface area contributed by atoms with Gasteiger partial charge in [0.25, 0.3) is 0 Å². The van der Waals surface area contributed by atoms with Crippen molar-refractivity contribution < 1.29 is 14.3 Å². The molecule has 1 saturated heterocycles. The summed E-state index contributed by atoms with van der Waals surface area (Å²) >= 11 is 0. The van der Waals surface area contributed by atoms with Gasteiger partial charge in [-0.25, -0.2) is 0 Å². The molecule has 0 saturated carbocycles. The van der Waals surface area contributed by atoms with Crippen molar-refractivity contribution in [3.63, 3.8) is 0 Å². The van der Waals surface area contributed by atoms with Crippen molar-refractivity contribution in [2.45, 2.75) is 45.9 Å². The van der Waals surface area contributed by atoms with Crippen molar-refractivity contribution in [2.75, 3.05) is 25.5 Å². The van der Waals surface area contributed by atoms with Crippen molar-refractivity contribution in [3.05, 3.63) is 23.8 Å². The summed E-state index contributed by atoms with van der Waals surface area (Å²) in [5, 5.41) is 2.98. The van der Waals surface area contributed by atoms with E-state index in [4.69, 9.17) is 9.47 Å². The van der Waals surface area contributed by atoms with E-state index in [1.54, 1.807) is 7.11 Å². The highest BCUT2D eigenvalue weighted by atomic mass is 16.5. The van der Waals surface area contributed by atoms with Crippen LogP contribution in [-0.2, 0) is 9.53 Å². The zero-order valence-electron chi connectivity index (χ0n) is 14.1. The van der Waals surface area contributed by atoms with Crippen LogP contribution >= 0.6 is 0 Å². The normalized spacial score (nSPS) is 23.9. The number of nitrogens with one attached hydrogen (secondary N) is 1. The Bertz CT molecular complexity index is 523. The van der Waals surface area contributed by atoms with Crippen LogP contribution in [0.3, 0.4) is 0 Å². The molecule has 5 heteroatoms. The standard InChI is InChI=1S/C17H26N2O3/c1-11-6-7-16(21-5)15(8-11)18-17(20)14(4)19-9-12(2)22-13(3)10-19/h6-8,12-14H,9-10H2,1-5H3,(H,18,20)/t12-,13-,14+/m1/s1. The van der Waals surface area contributed by atoms with E-state index in [2.05, 4.69) is 10.2 Å². The number of rotatable bonds is 4. The molecule has 0 aliphatic carbocycles. The highest BCUT2D eigenvalue weighted by Gasteiger charge is 2.29. The Kier molecular flexibility index (Phi) is 5.42. The quantitative estimate of drug-likeness (QED) is 0.928. The van der Waals surface area contributed by atoms with Gasteiger partial charge in [0, 0.05) is 13.1 Å². The Labute approximate surface area is 132 Å². The zero-order chi connectivity index (χ0) is 16.3. The van der Waals surface area contributed by atoms with E-state index in [0.717, 1.165) is 18.7 Å². The number of methoxy groups -OCH3 is 1. The maximum Gasteiger partial charge on any atom is 0.241 e. The van der Waals surface area contributed by atoms with Gasteiger partial charge in [0.1, 0.15) is 5.75 Å². The fourth-order valence-corrected chi connectivity index (χ4v) is 2.86. The molecule has 5 nitrogen and oxygen atoms in total. The summed E-state index contributed by atoms with van der Waals surface area (Å²) in [5.41, 5.74) is 1.80. The van der Waals surface area contributed by atoms with Crippen molar-refractivity contribution in [2.24, 2.45) is 0 Å². The Morgan fingerprint density at radius 1 is 1.36 bits per heavy atom. The van der Waals surface area contributed by atoms with Crippen LogP contribution in [0, 0.1) is 6.92 Å². The first-order valence-corrected chi connectivity index (χ1v) is 7.75.